The van der Waals surface area contributed by atoms with E-state index >= 15 is 0 Å². The first-order valence-corrected chi connectivity index (χ1v) is 7.16. The van der Waals surface area contributed by atoms with Gasteiger partial charge in [-0.25, -0.2) is 4.98 Å². The van der Waals surface area contributed by atoms with Gasteiger partial charge in [0.05, 0.1) is 5.01 Å². The normalized spacial score (nSPS) is 12.7. The number of hydrogen-bond acceptors (Lipinski definition) is 3. The molecule has 1 heterocycles. The number of aryl methyl sites for hydroxylation is 2. The molecule has 2 nitrogen and oxygen atoms in total. The molecule has 0 aliphatic carbocycles. The molecule has 1 aromatic heterocycles. The summed E-state index contributed by atoms with van der Waals surface area (Å²) in [6, 6.07) is 6.28. The Kier molecular flexibility index (Phi) is 3.97. The lowest BCUT2D eigenvalue weighted by Gasteiger charge is -2.11. The molecule has 0 aliphatic heterocycles. The van der Waals surface area contributed by atoms with Crippen LogP contribution in [0, 0.1) is 13.8 Å². The minimum atomic E-state index is 0.0207. The summed E-state index contributed by atoms with van der Waals surface area (Å²) in [6.45, 7) is 4.09. The van der Waals surface area contributed by atoms with Gasteiger partial charge in [-0.3, -0.25) is 0 Å². The van der Waals surface area contributed by atoms with Crippen molar-refractivity contribution >= 4 is 27.3 Å². The Morgan fingerprint density at radius 3 is 2.76 bits per heavy atom. The van der Waals surface area contributed by atoms with Crippen LogP contribution in [-0.2, 0) is 6.42 Å². The number of aromatic nitrogens is 1. The van der Waals surface area contributed by atoms with Crippen LogP contribution in [0.2, 0.25) is 0 Å². The molecule has 0 spiro atoms. The van der Waals surface area contributed by atoms with E-state index in [1.54, 1.807) is 11.3 Å². The van der Waals surface area contributed by atoms with Crippen molar-refractivity contribution in [2.75, 3.05) is 0 Å². The second kappa shape index (κ2) is 5.29. The number of rotatable bonds is 3. The van der Waals surface area contributed by atoms with Crippen molar-refractivity contribution in [1.82, 2.24) is 4.98 Å². The average molecular weight is 311 g/mol. The van der Waals surface area contributed by atoms with Crippen LogP contribution < -0.4 is 5.73 Å². The van der Waals surface area contributed by atoms with Gasteiger partial charge in [-0.15, -0.1) is 11.3 Å². The fourth-order valence-corrected chi connectivity index (χ4v) is 2.78. The van der Waals surface area contributed by atoms with Crippen LogP contribution in [0.3, 0.4) is 0 Å². The molecule has 0 saturated carbocycles. The van der Waals surface area contributed by atoms with E-state index < -0.39 is 0 Å². The van der Waals surface area contributed by atoms with E-state index in [2.05, 4.69) is 51.4 Å². The lowest BCUT2D eigenvalue weighted by molar-refractivity contribution is 0.716. The molecule has 0 radical (unpaired) electrons. The molecule has 17 heavy (non-hydrogen) atoms. The van der Waals surface area contributed by atoms with Gasteiger partial charge in [-0.2, -0.15) is 0 Å². The molecular weight excluding hydrogens is 296 g/mol. The zero-order valence-corrected chi connectivity index (χ0v) is 12.3. The van der Waals surface area contributed by atoms with Gasteiger partial charge in [0.15, 0.2) is 0 Å². The molecule has 0 bridgehead atoms. The highest BCUT2D eigenvalue weighted by atomic mass is 79.9. The highest BCUT2D eigenvalue weighted by molar-refractivity contribution is 9.10. The SMILES string of the molecule is Cc1csc(CC(N)c2ccc(Br)c(C)c2)n1. The molecule has 90 valence electrons. The number of benzene rings is 1. The van der Waals surface area contributed by atoms with Gasteiger partial charge >= 0.3 is 0 Å². The maximum absolute atomic E-state index is 6.21. The smallest absolute Gasteiger partial charge is 0.0947 e. The third-order valence-electron chi connectivity index (χ3n) is 2.67. The van der Waals surface area contributed by atoms with Gasteiger partial charge in [0.1, 0.15) is 0 Å². The van der Waals surface area contributed by atoms with Crippen LogP contribution in [0.25, 0.3) is 0 Å². The van der Waals surface area contributed by atoms with Crippen LogP contribution in [0.5, 0.6) is 0 Å². The van der Waals surface area contributed by atoms with E-state index in [-0.39, 0.29) is 6.04 Å². The Labute approximate surface area is 114 Å². The van der Waals surface area contributed by atoms with Crippen molar-refractivity contribution in [3.8, 4) is 0 Å². The lowest BCUT2D eigenvalue weighted by atomic mass is 10.0. The Morgan fingerprint density at radius 1 is 1.41 bits per heavy atom. The molecule has 0 saturated heterocycles. The van der Waals surface area contributed by atoms with E-state index in [0.717, 1.165) is 21.6 Å². The summed E-state index contributed by atoms with van der Waals surface area (Å²) in [4.78, 5) is 4.45. The summed E-state index contributed by atoms with van der Waals surface area (Å²) >= 11 is 5.18. The number of nitrogens with two attached hydrogens (primary N) is 1. The molecule has 0 amide bonds. The standard InChI is InChI=1S/C13H15BrN2S/c1-8-5-10(3-4-11(8)14)12(15)6-13-16-9(2)7-17-13/h3-5,7,12H,6,15H2,1-2H3. The largest absolute Gasteiger partial charge is 0.324 e. The summed E-state index contributed by atoms with van der Waals surface area (Å²) in [5, 5.41) is 3.17. The second-order valence-electron chi connectivity index (χ2n) is 4.20. The van der Waals surface area contributed by atoms with Gasteiger partial charge in [0, 0.05) is 28.0 Å². The number of hydrogen-bond donors (Lipinski definition) is 1. The fraction of sp³-hybridized carbons (Fsp3) is 0.308. The number of thiazole rings is 1. The van der Waals surface area contributed by atoms with Gasteiger partial charge < -0.3 is 5.73 Å². The van der Waals surface area contributed by atoms with Crippen molar-refractivity contribution in [2.24, 2.45) is 5.73 Å². The molecule has 1 aromatic carbocycles. The van der Waals surface area contributed by atoms with E-state index in [0.29, 0.717) is 0 Å². The predicted molar refractivity (Wildman–Crippen MR) is 76.4 cm³/mol. The van der Waals surface area contributed by atoms with Crippen LogP contribution >= 0.6 is 27.3 Å². The van der Waals surface area contributed by atoms with E-state index in [9.17, 15) is 0 Å². The summed E-state index contributed by atoms with van der Waals surface area (Å²) in [5.41, 5.74) is 9.66. The minimum Gasteiger partial charge on any atom is -0.324 e. The van der Waals surface area contributed by atoms with Crippen LogP contribution in [-0.4, -0.2) is 4.98 Å². The quantitative estimate of drug-likeness (QED) is 0.937. The Morgan fingerprint density at radius 2 is 2.18 bits per heavy atom. The third kappa shape index (κ3) is 3.15. The molecule has 2 N–H and O–H groups in total. The third-order valence-corrected chi connectivity index (χ3v) is 4.55. The Balaban J connectivity index is 2.14. The van der Waals surface area contributed by atoms with Crippen molar-refractivity contribution < 1.29 is 0 Å². The highest BCUT2D eigenvalue weighted by Crippen LogP contribution is 2.23. The Hall–Kier alpha value is -0.710. The van der Waals surface area contributed by atoms with Gasteiger partial charge in [0.25, 0.3) is 0 Å². The molecule has 0 fully saturated rings. The first-order chi connectivity index (χ1) is 8.06. The summed E-state index contributed by atoms with van der Waals surface area (Å²) < 4.78 is 1.12. The fourth-order valence-electron chi connectivity index (χ4n) is 1.70. The summed E-state index contributed by atoms with van der Waals surface area (Å²) in [6.07, 6.45) is 0.805. The van der Waals surface area contributed by atoms with Crippen molar-refractivity contribution in [3.63, 3.8) is 0 Å². The topological polar surface area (TPSA) is 38.9 Å². The minimum absolute atomic E-state index is 0.0207. The lowest BCUT2D eigenvalue weighted by Crippen LogP contribution is -2.13. The first kappa shape index (κ1) is 12.7. The van der Waals surface area contributed by atoms with Crippen molar-refractivity contribution in [1.29, 1.82) is 0 Å². The maximum Gasteiger partial charge on any atom is 0.0947 e. The molecular formula is C13H15BrN2S. The Bertz CT molecular complexity index is 522. The highest BCUT2D eigenvalue weighted by Gasteiger charge is 2.10. The van der Waals surface area contributed by atoms with Gasteiger partial charge in [-0.05, 0) is 31.0 Å². The molecule has 2 aromatic rings. The predicted octanol–water partition coefficient (Wildman–Crippen LogP) is 3.76. The van der Waals surface area contributed by atoms with Crippen LogP contribution in [0.1, 0.15) is 27.9 Å². The van der Waals surface area contributed by atoms with Crippen LogP contribution in [0.4, 0.5) is 0 Å². The average Bonchev–Trinajstić information content (AvgIpc) is 2.68. The molecule has 2 rings (SSSR count). The zero-order valence-electron chi connectivity index (χ0n) is 9.90. The van der Waals surface area contributed by atoms with Crippen molar-refractivity contribution in [2.45, 2.75) is 26.3 Å². The molecule has 4 heteroatoms. The number of halogens is 1. The number of nitrogens with zero attached hydrogens (tertiary/aromatic N) is 1. The van der Waals surface area contributed by atoms with Crippen LogP contribution in [0.15, 0.2) is 28.1 Å². The molecule has 1 unspecified atom stereocenters. The van der Waals surface area contributed by atoms with Gasteiger partial charge in [0.2, 0.25) is 0 Å². The second-order valence-corrected chi connectivity index (χ2v) is 6.00. The molecule has 1 atom stereocenters. The monoisotopic (exact) mass is 310 g/mol. The van der Waals surface area contributed by atoms with E-state index in [1.807, 2.05) is 6.92 Å². The van der Waals surface area contributed by atoms with Gasteiger partial charge in [-0.1, -0.05) is 28.1 Å². The first-order valence-electron chi connectivity index (χ1n) is 5.49. The maximum atomic E-state index is 6.21. The van der Waals surface area contributed by atoms with Crippen molar-refractivity contribution in [3.05, 3.63) is 49.9 Å². The summed E-state index contributed by atoms with van der Waals surface area (Å²) in [7, 11) is 0. The van der Waals surface area contributed by atoms with E-state index in [1.165, 1.54) is 11.1 Å². The summed E-state index contributed by atoms with van der Waals surface area (Å²) in [5.74, 6) is 0. The van der Waals surface area contributed by atoms with E-state index in [4.69, 9.17) is 5.73 Å². The molecule has 0 aliphatic rings. The zero-order chi connectivity index (χ0) is 12.4.